The molecular weight excluding hydrogens is 202 g/mol. The summed E-state index contributed by atoms with van der Waals surface area (Å²) < 4.78 is 8.98. The minimum Gasteiger partial charge on any atom is -0.394 e. The predicted molar refractivity (Wildman–Crippen MR) is 48.7 cm³/mol. The van der Waals surface area contributed by atoms with Crippen LogP contribution in [0.25, 0.3) is 0 Å². The van der Waals surface area contributed by atoms with Crippen molar-refractivity contribution < 1.29 is 9.84 Å². The molecular formula is C8H11N3O4. The zero-order valence-electron chi connectivity index (χ0n) is 8.16. The zero-order valence-corrected chi connectivity index (χ0v) is 8.16. The summed E-state index contributed by atoms with van der Waals surface area (Å²) in [4.78, 5) is 23.3. The first-order valence-corrected chi connectivity index (χ1v) is 4.80. The Bertz CT molecular complexity index is 525. The van der Waals surface area contributed by atoms with Gasteiger partial charge in [-0.2, -0.15) is 0 Å². The fraction of sp³-hybridized carbons (Fsp3) is 0.750. The van der Waals surface area contributed by atoms with E-state index >= 15 is 0 Å². The number of rotatable bonds is 1. The molecule has 0 saturated carbocycles. The van der Waals surface area contributed by atoms with Crippen molar-refractivity contribution in [2.75, 3.05) is 6.61 Å². The van der Waals surface area contributed by atoms with E-state index in [-0.39, 0.29) is 24.5 Å². The van der Waals surface area contributed by atoms with Gasteiger partial charge in [-0.3, -0.25) is 0 Å². The maximum Gasteiger partial charge on any atom is 0.347 e. The van der Waals surface area contributed by atoms with E-state index in [1.54, 1.807) is 0 Å². The minimum atomic E-state index is -0.426. The van der Waals surface area contributed by atoms with Crippen LogP contribution in [0.3, 0.4) is 0 Å². The Morgan fingerprint density at radius 1 is 1.47 bits per heavy atom. The van der Waals surface area contributed by atoms with Crippen molar-refractivity contribution in [1.29, 1.82) is 0 Å². The first kappa shape index (κ1) is 8.93. The van der Waals surface area contributed by atoms with Crippen LogP contribution in [0, 0.1) is 0 Å². The number of nitrogens with zero attached hydrogens (tertiary/aromatic N) is 3. The predicted octanol–water partition coefficient (Wildman–Crippen LogP) is -2.34. The summed E-state index contributed by atoms with van der Waals surface area (Å²) in [6.07, 6.45) is -0.142. The van der Waals surface area contributed by atoms with E-state index < -0.39 is 11.7 Å². The highest BCUT2D eigenvalue weighted by Crippen LogP contribution is 2.35. The van der Waals surface area contributed by atoms with Crippen molar-refractivity contribution in [2.45, 2.75) is 24.8 Å². The van der Waals surface area contributed by atoms with Gasteiger partial charge in [0.1, 0.15) is 18.2 Å². The van der Waals surface area contributed by atoms with Gasteiger partial charge in [-0.15, -0.1) is 0 Å². The summed E-state index contributed by atoms with van der Waals surface area (Å²) in [6.45, 7) is 0.209. The van der Waals surface area contributed by atoms with Crippen molar-refractivity contribution in [2.24, 2.45) is 7.05 Å². The van der Waals surface area contributed by atoms with Gasteiger partial charge in [0.25, 0.3) is 0 Å². The highest BCUT2D eigenvalue weighted by atomic mass is 16.6. The molecule has 1 fully saturated rings. The Kier molecular flexibility index (Phi) is 1.56. The van der Waals surface area contributed by atoms with Gasteiger partial charge in [-0.05, 0) is 0 Å². The lowest BCUT2D eigenvalue weighted by molar-refractivity contribution is 0.169. The number of aliphatic hydroxyl groups excluding tert-OH is 1. The van der Waals surface area contributed by atoms with Gasteiger partial charge in [0, 0.05) is 7.05 Å². The summed E-state index contributed by atoms with van der Waals surface area (Å²) in [5, 5.41) is 9.20. The molecule has 0 aliphatic carbocycles. The highest BCUT2D eigenvalue weighted by Gasteiger charge is 2.51. The lowest BCUT2D eigenvalue weighted by Gasteiger charge is -2.19. The molecule has 2 aliphatic rings. The lowest BCUT2D eigenvalue weighted by atomic mass is 10.1. The number of ether oxygens (including phenoxy) is 1. The monoisotopic (exact) mass is 213 g/mol. The van der Waals surface area contributed by atoms with E-state index in [9.17, 15) is 14.7 Å². The fourth-order valence-corrected chi connectivity index (χ4v) is 2.22. The van der Waals surface area contributed by atoms with Crippen LogP contribution in [-0.4, -0.2) is 37.9 Å². The summed E-state index contributed by atoms with van der Waals surface area (Å²) in [6, 6.07) is -0.426. The van der Waals surface area contributed by atoms with Crippen molar-refractivity contribution in [1.82, 2.24) is 13.9 Å². The normalized spacial score (nSPS) is 32.3. The SMILES string of the molecule is Cn1c(=O)n2n(c1=O)[C@@H](CO)[C@H]1O[C@H]1C2. The number of hydrogen-bond acceptors (Lipinski definition) is 4. The summed E-state index contributed by atoms with van der Waals surface area (Å²) in [7, 11) is 1.43. The molecule has 0 bridgehead atoms. The van der Waals surface area contributed by atoms with Crippen molar-refractivity contribution >= 4 is 0 Å². The zero-order chi connectivity index (χ0) is 10.7. The molecule has 1 aromatic heterocycles. The quantitative estimate of drug-likeness (QED) is 0.530. The average Bonchev–Trinajstić information content (AvgIpc) is 2.97. The maximum atomic E-state index is 11.7. The smallest absolute Gasteiger partial charge is 0.347 e. The summed E-state index contributed by atoms with van der Waals surface area (Å²) >= 11 is 0. The first-order valence-electron chi connectivity index (χ1n) is 4.80. The molecule has 1 aromatic rings. The van der Waals surface area contributed by atoms with Gasteiger partial charge in [0.15, 0.2) is 0 Å². The molecule has 0 spiro atoms. The van der Waals surface area contributed by atoms with Crippen LogP contribution in [0.15, 0.2) is 9.59 Å². The second-order valence-electron chi connectivity index (χ2n) is 3.94. The van der Waals surface area contributed by atoms with Crippen LogP contribution < -0.4 is 11.4 Å². The van der Waals surface area contributed by atoms with Gasteiger partial charge in [-0.25, -0.2) is 23.5 Å². The third-order valence-electron chi connectivity index (χ3n) is 3.11. The molecule has 15 heavy (non-hydrogen) atoms. The molecule has 0 aromatic carbocycles. The van der Waals surface area contributed by atoms with E-state index in [0.29, 0.717) is 6.54 Å². The van der Waals surface area contributed by atoms with E-state index in [0.717, 1.165) is 4.57 Å². The maximum absolute atomic E-state index is 11.7. The van der Waals surface area contributed by atoms with Crippen LogP contribution in [0.4, 0.5) is 0 Å². The van der Waals surface area contributed by atoms with Crippen LogP contribution in [0.1, 0.15) is 6.04 Å². The Labute approximate surface area is 84.1 Å². The van der Waals surface area contributed by atoms with E-state index in [1.807, 2.05) is 0 Å². The molecule has 7 nitrogen and oxygen atoms in total. The number of aromatic nitrogens is 3. The van der Waals surface area contributed by atoms with E-state index in [4.69, 9.17) is 4.74 Å². The van der Waals surface area contributed by atoms with Gasteiger partial charge in [0.2, 0.25) is 0 Å². The molecule has 3 atom stereocenters. The van der Waals surface area contributed by atoms with E-state index in [2.05, 4.69) is 0 Å². The van der Waals surface area contributed by atoms with Crippen LogP contribution in [0.2, 0.25) is 0 Å². The molecule has 2 aliphatic heterocycles. The largest absolute Gasteiger partial charge is 0.394 e. The minimum absolute atomic E-state index is 0.0263. The Morgan fingerprint density at radius 2 is 2.20 bits per heavy atom. The molecule has 3 heterocycles. The molecule has 82 valence electrons. The van der Waals surface area contributed by atoms with Crippen molar-refractivity contribution in [3.63, 3.8) is 0 Å². The molecule has 0 amide bonds. The van der Waals surface area contributed by atoms with Crippen molar-refractivity contribution in [3.8, 4) is 0 Å². The topological polar surface area (TPSA) is 81.7 Å². The fourth-order valence-electron chi connectivity index (χ4n) is 2.22. The Hall–Kier alpha value is -1.34. The number of fused-ring (bicyclic) bond motifs is 2. The lowest BCUT2D eigenvalue weighted by Crippen LogP contribution is -2.40. The molecule has 1 N–H and O–H groups in total. The standard InChI is InChI=1S/C8H11N3O4/c1-9-7(13)10-2-5-6(15-5)4(3-12)11(10)8(9)14/h4-6,12H,2-3H2,1H3/t4-,5-,6+/m0/s1. The molecule has 0 radical (unpaired) electrons. The summed E-state index contributed by atoms with van der Waals surface area (Å²) in [5.74, 6) is 0. The van der Waals surface area contributed by atoms with Crippen LogP contribution in [-0.2, 0) is 18.3 Å². The van der Waals surface area contributed by atoms with Gasteiger partial charge in [-0.1, -0.05) is 0 Å². The average molecular weight is 213 g/mol. The highest BCUT2D eigenvalue weighted by molar-refractivity contribution is 4.99. The van der Waals surface area contributed by atoms with Gasteiger partial charge < -0.3 is 9.84 Å². The molecule has 1 saturated heterocycles. The molecule has 7 heteroatoms. The number of aliphatic hydroxyl groups is 1. The third-order valence-corrected chi connectivity index (χ3v) is 3.11. The van der Waals surface area contributed by atoms with Crippen molar-refractivity contribution in [3.05, 3.63) is 21.0 Å². The van der Waals surface area contributed by atoms with Gasteiger partial charge in [0.05, 0.1) is 13.2 Å². The second-order valence-corrected chi connectivity index (χ2v) is 3.94. The Balaban J connectivity index is 2.27. The summed E-state index contributed by atoms with van der Waals surface area (Å²) in [5.41, 5.74) is -0.750. The van der Waals surface area contributed by atoms with Gasteiger partial charge >= 0.3 is 11.4 Å². The third kappa shape index (κ3) is 0.963. The number of hydrogen-bond donors (Lipinski definition) is 1. The molecule has 0 unspecified atom stereocenters. The van der Waals surface area contributed by atoms with Crippen LogP contribution in [0.5, 0.6) is 0 Å². The molecule has 3 rings (SSSR count). The second kappa shape index (κ2) is 2.61. The first-order chi connectivity index (χ1) is 7.15. The van der Waals surface area contributed by atoms with E-state index in [1.165, 1.54) is 16.4 Å². The van der Waals surface area contributed by atoms with Crippen LogP contribution >= 0.6 is 0 Å². The number of epoxide rings is 1. The Morgan fingerprint density at radius 3 is 2.87 bits per heavy atom.